The molecule has 0 spiro atoms. The van der Waals surface area contributed by atoms with Crippen molar-refractivity contribution in [2.75, 3.05) is 6.61 Å². The van der Waals surface area contributed by atoms with Gasteiger partial charge in [0.15, 0.2) is 0 Å². The summed E-state index contributed by atoms with van der Waals surface area (Å²) in [7, 11) is 0. The molecule has 0 unspecified atom stereocenters. The highest BCUT2D eigenvalue weighted by molar-refractivity contribution is 6.04. The Hall–Kier alpha value is -2.76. The maximum Gasteiger partial charge on any atom is 0.338 e. The lowest BCUT2D eigenvalue weighted by Crippen LogP contribution is -2.10. The van der Waals surface area contributed by atoms with E-state index in [2.05, 4.69) is 9.97 Å². The Bertz CT molecular complexity index is 845. The van der Waals surface area contributed by atoms with Gasteiger partial charge in [-0.15, -0.1) is 0 Å². The maximum absolute atomic E-state index is 13.6. The minimum absolute atomic E-state index is 0.201. The number of hydrogen-bond donors (Lipinski definition) is 0. The molecular formula is C17H16FN3O2. The number of carbonyl (C=O) groups excluding carboxylic acids is 1. The van der Waals surface area contributed by atoms with Crippen molar-refractivity contribution in [3.8, 4) is 0 Å². The number of rotatable bonds is 5. The number of pyridine rings is 1. The number of fused-ring (bicyclic) bond motifs is 1. The van der Waals surface area contributed by atoms with Crippen molar-refractivity contribution in [2.45, 2.75) is 19.9 Å². The molecule has 0 saturated heterocycles. The number of halogens is 1. The lowest BCUT2D eigenvalue weighted by atomic mass is 10.1. The molecule has 1 aromatic carbocycles. The number of ether oxygens (including phenoxy) is 1. The number of esters is 1. The van der Waals surface area contributed by atoms with Gasteiger partial charge in [-0.2, -0.15) is 0 Å². The normalized spacial score (nSPS) is 10.9. The molecule has 0 amide bonds. The largest absolute Gasteiger partial charge is 0.462 e. The minimum Gasteiger partial charge on any atom is -0.462 e. The van der Waals surface area contributed by atoms with Gasteiger partial charge in [-0.1, -0.05) is 0 Å². The SMILES string of the molecule is Cc1nccn1CCCOC(=O)c1cc(F)cc2ccncc12. The smallest absolute Gasteiger partial charge is 0.338 e. The first-order valence-corrected chi connectivity index (χ1v) is 7.33. The van der Waals surface area contributed by atoms with Gasteiger partial charge < -0.3 is 9.30 Å². The average Bonchev–Trinajstić information content (AvgIpc) is 2.95. The highest BCUT2D eigenvalue weighted by atomic mass is 19.1. The third kappa shape index (κ3) is 3.36. The Labute approximate surface area is 132 Å². The van der Waals surface area contributed by atoms with Crippen LogP contribution in [0.5, 0.6) is 0 Å². The van der Waals surface area contributed by atoms with Gasteiger partial charge in [0.25, 0.3) is 0 Å². The second kappa shape index (κ2) is 6.56. The van der Waals surface area contributed by atoms with Crippen LogP contribution in [0.4, 0.5) is 4.39 Å². The van der Waals surface area contributed by atoms with Crippen LogP contribution in [0.2, 0.25) is 0 Å². The Morgan fingerprint density at radius 1 is 1.35 bits per heavy atom. The number of nitrogens with zero attached hydrogens (tertiary/aromatic N) is 3. The summed E-state index contributed by atoms with van der Waals surface area (Å²) in [5, 5.41) is 1.21. The molecule has 0 bridgehead atoms. The molecule has 23 heavy (non-hydrogen) atoms. The van der Waals surface area contributed by atoms with E-state index in [4.69, 9.17) is 4.74 Å². The molecule has 3 aromatic rings. The van der Waals surface area contributed by atoms with E-state index in [9.17, 15) is 9.18 Å². The molecule has 0 atom stereocenters. The number of hydrogen-bond acceptors (Lipinski definition) is 4. The molecule has 0 N–H and O–H groups in total. The summed E-state index contributed by atoms with van der Waals surface area (Å²) in [4.78, 5) is 20.3. The van der Waals surface area contributed by atoms with E-state index in [0.717, 1.165) is 5.82 Å². The Kier molecular flexibility index (Phi) is 4.32. The second-order valence-corrected chi connectivity index (χ2v) is 5.21. The van der Waals surface area contributed by atoms with Crippen molar-refractivity contribution < 1.29 is 13.9 Å². The van der Waals surface area contributed by atoms with Gasteiger partial charge in [-0.05, 0) is 36.9 Å². The molecular weight excluding hydrogens is 297 g/mol. The zero-order valence-electron chi connectivity index (χ0n) is 12.7. The molecule has 0 radical (unpaired) electrons. The van der Waals surface area contributed by atoms with E-state index in [1.54, 1.807) is 24.7 Å². The monoisotopic (exact) mass is 313 g/mol. The quantitative estimate of drug-likeness (QED) is 0.536. The molecule has 0 saturated carbocycles. The van der Waals surface area contributed by atoms with Gasteiger partial charge in [0.1, 0.15) is 11.6 Å². The van der Waals surface area contributed by atoms with E-state index in [1.165, 1.54) is 12.1 Å². The number of imidazole rings is 1. The summed E-state index contributed by atoms with van der Waals surface area (Å²) < 4.78 is 20.9. The van der Waals surface area contributed by atoms with Crippen molar-refractivity contribution in [2.24, 2.45) is 0 Å². The van der Waals surface area contributed by atoms with Crippen LogP contribution in [0.1, 0.15) is 22.6 Å². The van der Waals surface area contributed by atoms with Gasteiger partial charge in [0, 0.05) is 36.7 Å². The Morgan fingerprint density at radius 2 is 2.22 bits per heavy atom. The number of aromatic nitrogens is 3. The fraction of sp³-hybridized carbons (Fsp3) is 0.235. The predicted molar refractivity (Wildman–Crippen MR) is 83.6 cm³/mol. The molecule has 118 valence electrons. The van der Waals surface area contributed by atoms with Crippen molar-refractivity contribution in [1.29, 1.82) is 0 Å². The molecule has 2 aromatic heterocycles. The van der Waals surface area contributed by atoms with E-state index in [1.807, 2.05) is 17.7 Å². The van der Waals surface area contributed by atoms with Crippen LogP contribution in [0.25, 0.3) is 10.8 Å². The Balaban J connectivity index is 1.65. The lowest BCUT2D eigenvalue weighted by Gasteiger charge is -2.09. The van der Waals surface area contributed by atoms with Crippen LogP contribution in [-0.4, -0.2) is 27.1 Å². The molecule has 0 aliphatic rings. The fourth-order valence-electron chi connectivity index (χ4n) is 2.45. The Morgan fingerprint density at radius 3 is 3.00 bits per heavy atom. The van der Waals surface area contributed by atoms with Crippen LogP contribution in [0.3, 0.4) is 0 Å². The minimum atomic E-state index is -0.537. The first-order valence-electron chi connectivity index (χ1n) is 7.33. The second-order valence-electron chi connectivity index (χ2n) is 5.21. The van der Waals surface area contributed by atoms with E-state index >= 15 is 0 Å². The molecule has 5 nitrogen and oxygen atoms in total. The summed E-state index contributed by atoms with van der Waals surface area (Å²) >= 11 is 0. The van der Waals surface area contributed by atoms with Gasteiger partial charge in [0.2, 0.25) is 0 Å². The maximum atomic E-state index is 13.6. The average molecular weight is 313 g/mol. The van der Waals surface area contributed by atoms with Crippen molar-refractivity contribution in [1.82, 2.24) is 14.5 Å². The summed E-state index contributed by atoms with van der Waals surface area (Å²) in [6.45, 7) is 2.89. The van der Waals surface area contributed by atoms with Crippen molar-refractivity contribution in [3.05, 3.63) is 60.2 Å². The van der Waals surface area contributed by atoms with Crippen LogP contribution >= 0.6 is 0 Å². The summed E-state index contributed by atoms with van der Waals surface area (Å²) in [6, 6.07) is 4.22. The first-order chi connectivity index (χ1) is 11.1. The summed E-state index contributed by atoms with van der Waals surface area (Å²) in [5.41, 5.74) is 0.201. The predicted octanol–water partition coefficient (Wildman–Crippen LogP) is 3.13. The van der Waals surface area contributed by atoms with Gasteiger partial charge in [0.05, 0.1) is 12.2 Å². The van der Waals surface area contributed by atoms with Crippen LogP contribution < -0.4 is 0 Å². The topological polar surface area (TPSA) is 57.0 Å². The van der Waals surface area contributed by atoms with Gasteiger partial charge >= 0.3 is 5.97 Å². The highest BCUT2D eigenvalue weighted by Gasteiger charge is 2.13. The number of benzene rings is 1. The number of carbonyl (C=O) groups is 1. The molecule has 6 heteroatoms. The zero-order valence-corrected chi connectivity index (χ0v) is 12.7. The molecule has 2 heterocycles. The number of aryl methyl sites for hydroxylation is 2. The van der Waals surface area contributed by atoms with Crippen molar-refractivity contribution >= 4 is 16.7 Å². The standard InChI is InChI=1S/C17H16FN3O2/c1-12-20-5-7-21(12)6-2-8-23-17(22)15-10-14(18)9-13-3-4-19-11-16(13)15/h3-5,7,9-11H,2,6,8H2,1H3. The first kappa shape index (κ1) is 15.1. The lowest BCUT2D eigenvalue weighted by molar-refractivity contribution is 0.0497. The fourth-order valence-corrected chi connectivity index (χ4v) is 2.45. The van der Waals surface area contributed by atoms with Crippen molar-refractivity contribution in [3.63, 3.8) is 0 Å². The third-order valence-corrected chi connectivity index (χ3v) is 3.64. The molecule has 3 rings (SSSR count). The van der Waals surface area contributed by atoms with E-state index < -0.39 is 11.8 Å². The molecule has 0 aliphatic heterocycles. The van der Waals surface area contributed by atoms with Gasteiger partial charge in [-0.3, -0.25) is 4.98 Å². The molecule has 0 fully saturated rings. The van der Waals surface area contributed by atoms with E-state index in [-0.39, 0.29) is 12.2 Å². The zero-order chi connectivity index (χ0) is 16.2. The highest BCUT2D eigenvalue weighted by Crippen LogP contribution is 2.20. The van der Waals surface area contributed by atoms with Crippen LogP contribution in [0, 0.1) is 12.7 Å². The molecule has 0 aliphatic carbocycles. The van der Waals surface area contributed by atoms with Crippen LogP contribution in [-0.2, 0) is 11.3 Å². The third-order valence-electron chi connectivity index (χ3n) is 3.64. The van der Waals surface area contributed by atoms with E-state index in [0.29, 0.717) is 23.7 Å². The summed E-state index contributed by atoms with van der Waals surface area (Å²) in [5.74, 6) is -0.0898. The summed E-state index contributed by atoms with van der Waals surface area (Å²) in [6.07, 6.45) is 7.37. The van der Waals surface area contributed by atoms with Crippen LogP contribution in [0.15, 0.2) is 43.0 Å². The van der Waals surface area contributed by atoms with Gasteiger partial charge in [-0.25, -0.2) is 14.2 Å².